The van der Waals surface area contributed by atoms with Gasteiger partial charge >= 0.3 is 6.55 Å². The number of nitriles is 1. The van der Waals surface area contributed by atoms with Crippen LogP contribution >= 0.6 is 0 Å². The predicted molar refractivity (Wildman–Crippen MR) is 149 cm³/mol. The molecule has 5 rings (SSSR count). The Labute approximate surface area is 240 Å². The summed E-state index contributed by atoms with van der Waals surface area (Å²) in [7, 11) is 0. The quantitative estimate of drug-likeness (QED) is 0.258. The standard InChI is InChI=1S/C29H31F3N8O2/c1-29(2,42)26(30)15-35-27(41)22-14-34-24(25-8-7-21-9-17(11-33)12-37-40(21)25)10-23(22)38-20-5-3-18(4-6-20)19-13-36-39(16-19)28(31)32/h7-10,12-14,16,18,20,26,28,42H,3-6,15H2,1-2H3,(H,34,38)(H,35,41)/t18-,20+,26-/m1/s1. The second-order valence-electron chi connectivity index (χ2n) is 11.1. The highest BCUT2D eigenvalue weighted by Gasteiger charge is 2.29. The number of aromatic nitrogens is 5. The van der Waals surface area contributed by atoms with Crippen LogP contribution in [0.2, 0.25) is 0 Å². The average molecular weight is 581 g/mol. The van der Waals surface area contributed by atoms with E-state index < -0.39 is 24.2 Å². The van der Waals surface area contributed by atoms with Gasteiger partial charge in [0.05, 0.1) is 58.3 Å². The summed E-state index contributed by atoms with van der Waals surface area (Å²) in [4.78, 5) is 17.6. The Morgan fingerprint density at radius 3 is 2.57 bits per heavy atom. The summed E-state index contributed by atoms with van der Waals surface area (Å²) in [5.74, 6) is -0.445. The summed E-state index contributed by atoms with van der Waals surface area (Å²) in [5.41, 5.74) is 2.17. The molecule has 4 aromatic rings. The van der Waals surface area contributed by atoms with Crippen LogP contribution in [0.15, 0.2) is 49.1 Å². The largest absolute Gasteiger partial charge is 0.387 e. The lowest BCUT2D eigenvalue weighted by molar-refractivity contribution is -0.00178. The molecule has 4 aromatic heterocycles. The van der Waals surface area contributed by atoms with Crippen molar-refractivity contribution in [3.63, 3.8) is 0 Å². The maximum Gasteiger partial charge on any atom is 0.333 e. The van der Waals surface area contributed by atoms with Crippen molar-refractivity contribution in [2.24, 2.45) is 0 Å². The van der Waals surface area contributed by atoms with Gasteiger partial charge in [0.2, 0.25) is 0 Å². The van der Waals surface area contributed by atoms with Gasteiger partial charge in [-0.05, 0) is 75.3 Å². The minimum atomic E-state index is -2.68. The van der Waals surface area contributed by atoms with Crippen LogP contribution < -0.4 is 10.6 Å². The lowest BCUT2D eigenvalue weighted by Crippen LogP contribution is -2.42. The molecule has 10 nitrogen and oxygen atoms in total. The van der Waals surface area contributed by atoms with Crippen LogP contribution in [0.3, 0.4) is 0 Å². The molecular formula is C29H31F3N8O2. The highest BCUT2D eigenvalue weighted by Crippen LogP contribution is 2.35. The molecule has 0 spiro atoms. The van der Waals surface area contributed by atoms with Crippen molar-refractivity contribution in [1.82, 2.24) is 29.7 Å². The third kappa shape index (κ3) is 6.23. The number of fused-ring (bicyclic) bond motifs is 1. The van der Waals surface area contributed by atoms with Gasteiger partial charge in [0.25, 0.3) is 5.91 Å². The number of alkyl halides is 3. The van der Waals surface area contributed by atoms with Gasteiger partial charge < -0.3 is 15.7 Å². The second-order valence-corrected chi connectivity index (χ2v) is 11.1. The normalized spacial score (nSPS) is 18.1. The Morgan fingerprint density at radius 1 is 1.14 bits per heavy atom. The molecule has 42 heavy (non-hydrogen) atoms. The molecular weight excluding hydrogens is 549 g/mol. The molecule has 0 saturated heterocycles. The van der Waals surface area contributed by atoms with Crippen LogP contribution in [-0.2, 0) is 0 Å². The van der Waals surface area contributed by atoms with E-state index in [0.29, 0.717) is 32.8 Å². The molecule has 4 heterocycles. The van der Waals surface area contributed by atoms with Crippen molar-refractivity contribution in [3.05, 3.63) is 65.7 Å². The Balaban J connectivity index is 1.38. The molecule has 220 valence electrons. The zero-order chi connectivity index (χ0) is 30.0. The van der Waals surface area contributed by atoms with Crippen LogP contribution in [0.5, 0.6) is 0 Å². The highest BCUT2D eigenvalue weighted by atomic mass is 19.3. The monoisotopic (exact) mass is 580 g/mol. The number of hydrogen-bond donors (Lipinski definition) is 3. The molecule has 0 radical (unpaired) electrons. The molecule has 0 bridgehead atoms. The topological polar surface area (TPSA) is 133 Å². The number of carbonyl (C=O) groups is 1. The number of anilines is 1. The second kappa shape index (κ2) is 11.8. The maximum absolute atomic E-state index is 14.4. The Bertz CT molecular complexity index is 1610. The smallest absolute Gasteiger partial charge is 0.333 e. The number of halogens is 3. The van der Waals surface area contributed by atoms with E-state index in [-0.39, 0.29) is 24.1 Å². The van der Waals surface area contributed by atoms with E-state index in [1.165, 1.54) is 38.6 Å². The van der Waals surface area contributed by atoms with Gasteiger partial charge in [-0.25, -0.2) is 13.6 Å². The molecule has 1 saturated carbocycles. The number of carbonyl (C=O) groups excluding carboxylic acids is 1. The lowest BCUT2D eigenvalue weighted by atomic mass is 9.83. The molecule has 13 heteroatoms. The fraction of sp³-hybridized carbons (Fsp3) is 0.414. The number of aliphatic hydroxyl groups is 1. The molecule has 0 aromatic carbocycles. The molecule has 1 fully saturated rings. The van der Waals surface area contributed by atoms with Crippen LogP contribution in [0.25, 0.3) is 16.9 Å². The Kier molecular flexibility index (Phi) is 8.17. The number of nitrogens with zero attached hydrogens (tertiary/aromatic N) is 6. The summed E-state index contributed by atoms with van der Waals surface area (Å²) in [5, 5.41) is 33.2. The molecule has 1 aliphatic carbocycles. The minimum Gasteiger partial charge on any atom is -0.387 e. The van der Waals surface area contributed by atoms with Gasteiger partial charge in [0.15, 0.2) is 0 Å². The number of nitrogens with one attached hydrogen (secondary N) is 2. The maximum atomic E-state index is 14.4. The number of hydrogen-bond acceptors (Lipinski definition) is 7. The van der Waals surface area contributed by atoms with Crippen LogP contribution in [-0.4, -0.2) is 59.8 Å². The molecule has 1 atom stereocenters. The molecule has 1 amide bonds. The van der Waals surface area contributed by atoms with E-state index in [2.05, 4.69) is 31.9 Å². The molecule has 1 aliphatic rings. The van der Waals surface area contributed by atoms with E-state index in [0.717, 1.165) is 31.2 Å². The van der Waals surface area contributed by atoms with E-state index in [1.54, 1.807) is 16.6 Å². The van der Waals surface area contributed by atoms with Crippen molar-refractivity contribution in [2.75, 3.05) is 11.9 Å². The van der Waals surface area contributed by atoms with Crippen molar-refractivity contribution >= 4 is 17.1 Å². The van der Waals surface area contributed by atoms with Gasteiger partial charge in [-0.1, -0.05) is 0 Å². The Hall–Kier alpha value is -4.44. The van der Waals surface area contributed by atoms with Gasteiger partial charge in [0, 0.05) is 18.4 Å². The van der Waals surface area contributed by atoms with Crippen molar-refractivity contribution in [1.29, 1.82) is 5.26 Å². The highest BCUT2D eigenvalue weighted by molar-refractivity contribution is 6.00. The average Bonchev–Trinajstić information content (AvgIpc) is 3.63. The van der Waals surface area contributed by atoms with E-state index in [1.807, 2.05) is 12.1 Å². The van der Waals surface area contributed by atoms with Gasteiger partial charge in [0.1, 0.15) is 12.2 Å². The zero-order valence-electron chi connectivity index (χ0n) is 23.1. The summed E-state index contributed by atoms with van der Waals surface area (Å²) < 4.78 is 42.6. The summed E-state index contributed by atoms with van der Waals surface area (Å²) in [6, 6.07) is 9.12. The number of amides is 1. The summed E-state index contributed by atoms with van der Waals surface area (Å²) in [6.45, 7) is -0.399. The van der Waals surface area contributed by atoms with E-state index >= 15 is 0 Å². The first-order valence-corrected chi connectivity index (χ1v) is 13.6. The van der Waals surface area contributed by atoms with Crippen molar-refractivity contribution < 1.29 is 23.1 Å². The van der Waals surface area contributed by atoms with Crippen LogP contribution in [0, 0.1) is 11.3 Å². The molecule has 3 N–H and O–H groups in total. The third-order valence-electron chi connectivity index (χ3n) is 7.63. The van der Waals surface area contributed by atoms with E-state index in [4.69, 9.17) is 0 Å². The van der Waals surface area contributed by atoms with Gasteiger partial charge in [-0.2, -0.15) is 24.2 Å². The number of pyridine rings is 1. The zero-order valence-corrected chi connectivity index (χ0v) is 23.1. The van der Waals surface area contributed by atoms with Crippen molar-refractivity contribution in [2.45, 2.75) is 69.8 Å². The van der Waals surface area contributed by atoms with Crippen LogP contribution in [0.1, 0.15) is 73.5 Å². The van der Waals surface area contributed by atoms with E-state index in [9.17, 15) is 28.3 Å². The molecule has 0 aliphatic heterocycles. The first-order valence-electron chi connectivity index (χ1n) is 13.6. The fourth-order valence-electron chi connectivity index (χ4n) is 5.14. The first-order chi connectivity index (χ1) is 20.0. The minimum absolute atomic E-state index is 0.0149. The van der Waals surface area contributed by atoms with Crippen molar-refractivity contribution in [3.8, 4) is 17.5 Å². The van der Waals surface area contributed by atoms with Crippen LogP contribution in [0.4, 0.5) is 18.9 Å². The summed E-state index contributed by atoms with van der Waals surface area (Å²) >= 11 is 0. The predicted octanol–water partition coefficient (Wildman–Crippen LogP) is 4.84. The SMILES string of the molecule is CC(C)(O)[C@H](F)CNC(=O)c1cnc(-c2ccc3cc(C#N)cnn23)cc1N[C@H]1CC[C@@H](c2cnn(C(F)F)c2)CC1. The third-order valence-corrected chi connectivity index (χ3v) is 7.63. The number of rotatable bonds is 9. The lowest BCUT2D eigenvalue weighted by Gasteiger charge is -2.30. The Morgan fingerprint density at radius 2 is 1.90 bits per heavy atom. The molecule has 0 unspecified atom stereocenters. The fourth-order valence-corrected chi connectivity index (χ4v) is 5.14. The van der Waals surface area contributed by atoms with Gasteiger partial charge in [-0.15, -0.1) is 0 Å². The summed E-state index contributed by atoms with van der Waals surface area (Å²) in [6.07, 6.45) is 7.01. The first kappa shape index (κ1) is 29.1. The van der Waals surface area contributed by atoms with Gasteiger partial charge in [-0.3, -0.25) is 9.78 Å².